The highest BCUT2D eigenvalue weighted by molar-refractivity contribution is 4.79. The average molecular weight is 185 g/mol. The van der Waals surface area contributed by atoms with Crippen LogP contribution in [0.1, 0.15) is 13.3 Å². The van der Waals surface area contributed by atoms with Gasteiger partial charge in [-0.2, -0.15) is 0 Å². The van der Waals surface area contributed by atoms with E-state index in [2.05, 4.69) is 36.1 Å². The summed E-state index contributed by atoms with van der Waals surface area (Å²) in [4.78, 5) is 4.88. The molecule has 1 unspecified atom stereocenters. The topological polar surface area (TPSA) is 18.5 Å². The molecule has 0 aliphatic carbocycles. The van der Waals surface area contributed by atoms with E-state index in [9.17, 15) is 0 Å². The van der Waals surface area contributed by atoms with E-state index in [1.54, 1.807) is 0 Å². The van der Waals surface area contributed by atoms with Gasteiger partial charge in [0.2, 0.25) is 0 Å². The molecule has 1 rings (SSSR count). The van der Waals surface area contributed by atoms with Crippen molar-refractivity contribution in [1.29, 1.82) is 0 Å². The van der Waals surface area contributed by atoms with Gasteiger partial charge >= 0.3 is 0 Å². The Balaban J connectivity index is 2.21. The smallest absolute Gasteiger partial charge is 0.0345 e. The summed E-state index contributed by atoms with van der Waals surface area (Å²) in [5.41, 5.74) is 0. The molecule has 1 aliphatic rings. The normalized spacial score (nSPS) is 26.5. The minimum atomic E-state index is 0.699. The molecule has 1 saturated heterocycles. The molecule has 0 aromatic heterocycles. The quantitative estimate of drug-likeness (QED) is 0.633. The summed E-state index contributed by atoms with van der Waals surface area (Å²) < 4.78 is 0. The maximum Gasteiger partial charge on any atom is 0.0345 e. The van der Waals surface area contributed by atoms with Gasteiger partial charge in [-0.05, 0) is 27.1 Å². The van der Waals surface area contributed by atoms with Crippen LogP contribution in [0.4, 0.5) is 0 Å². The third kappa shape index (κ3) is 3.63. The first-order valence-corrected chi connectivity index (χ1v) is 5.33. The lowest BCUT2D eigenvalue weighted by atomic mass is 10.2. The van der Waals surface area contributed by atoms with Crippen LogP contribution in [-0.2, 0) is 0 Å². The molecule has 0 aromatic carbocycles. The van der Waals surface area contributed by atoms with Gasteiger partial charge in [-0.3, -0.25) is 4.90 Å². The lowest BCUT2D eigenvalue weighted by Gasteiger charge is -2.37. The van der Waals surface area contributed by atoms with Crippen molar-refractivity contribution in [3.8, 4) is 0 Å². The second kappa shape index (κ2) is 5.58. The average Bonchev–Trinajstić information content (AvgIpc) is 2.11. The van der Waals surface area contributed by atoms with Gasteiger partial charge in [-0.15, -0.1) is 0 Å². The molecule has 0 bridgehead atoms. The van der Waals surface area contributed by atoms with Crippen LogP contribution in [0.3, 0.4) is 0 Å². The van der Waals surface area contributed by atoms with Crippen molar-refractivity contribution in [3.05, 3.63) is 0 Å². The highest BCUT2D eigenvalue weighted by Gasteiger charge is 2.20. The lowest BCUT2D eigenvalue weighted by Crippen LogP contribution is -2.53. The van der Waals surface area contributed by atoms with Crippen molar-refractivity contribution in [2.75, 3.05) is 46.8 Å². The molecular weight excluding hydrogens is 162 g/mol. The zero-order chi connectivity index (χ0) is 9.68. The molecule has 0 amide bonds. The van der Waals surface area contributed by atoms with Gasteiger partial charge in [0, 0.05) is 32.2 Å². The fourth-order valence-electron chi connectivity index (χ4n) is 1.77. The molecule has 1 N–H and O–H groups in total. The van der Waals surface area contributed by atoms with Crippen LogP contribution in [0, 0.1) is 0 Å². The maximum absolute atomic E-state index is 3.49. The van der Waals surface area contributed by atoms with Crippen molar-refractivity contribution in [2.45, 2.75) is 19.4 Å². The number of piperazine rings is 1. The number of hydrogen-bond acceptors (Lipinski definition) is 3. The van der Waals surface area contributed by atoms with Gasteiger partial charge in [0.15, 0.2) is 0 Å². The predicted octanol–water partition coefficient (Wildman–Crippen LogP) is 0.232. The second-order valence-electron chi connectivity index (χ2n) is 4.10. The molecule has 0 radical (unpaired) electrons. The van der Waals surface area contributed by atoms with Gasteiger partial charge in [0.25, 0.3) is 0 Å². The molecule has 1 aliphatic heterocycles. The van der Waals surface area contributed by atoms with Gasteiger partial charge in [-0.25, -0.2) is 0 Å². The van der Waals surface area contributed by atoms with Crippen LogP contribution in [0.2, 0.25) is 0 Å². The Morgan fingerprint density at radius 2 is 2.08 bits per heavy atom. The Kier molecular flexibility index (Phi) is 4.70. The first kappa shape index (κ1) is 11.0. The minimum Gasteiger partial charge on any atom is -0.315 e. The Morgan fingerprint density at radius 1 is 1.31 bits per heavy atom. The third-order valence-corrected chi connectivity index (χ3v) is 2.79. The zero-order valence-corrected chi connectivity index (χ0v) is 9.21. The summed E-state index contributed by atoms with van der Waals surface area (Å²) >= 11 is 0. The molecule has 0 saturated carbocycles. The number of rotatable bonds is 4. The largest absolute Gasteiger partial charge is 0.315 e. The Bertz CT molecular complexity index is 138. The lowest BCUT2D eigenvalue weighted by molar-refractivity contribution is 0.113. The number of nitrogens with zero attached hydrogens (tertiary/aromatic N) is 2. The van der Waals surface area contributed by atoms with E-state index in [-0.39, 0.29) is 0 Å². The second-order valence-corrected chi connectivity index (χ2v) is 4.10. The first-order chi connectivity index (χ1) is 6.24. The fourth-order valence-corrected chi connectivity index (χ4v) is 1.77. The molecule has 13 heavy (non-hydrogen) atoms. The van der Waals surface area contributed by atoms with Crippen LogP contribution in [0.5, 0.6) is 0 Å². The standard InChI is InChI=1S/C10H23N3/c1-4-5-11-8-10-9-12(2)6-7-13(10)3/h10-11H,4-9H2,1-3H3. The van der Waals surface area contributed by atoms with E-state index in [0.717, 1.165) is 13.1 Å². The van der Waals surface area contributed by atoms with E-state index in [1.807, 2.05) is 0 Å². The molecule has 0 aromatic rings. The van der Waals surface area contributed by atoms with Crippen LogP contribution in [0.15, 0.2) is 0 Å². The molecule has 1 atom stereocenters. The molecule has 3 nitrogen and oxygen atoms in total. The highest BCUT2D eigenvalue weighted by Crippen LogP contribution is 2.04. The molecule has 1 fully saturated rings. The van der Waals surface area contributed by atoms with Crippen LogP contribution in [-0.4, -0.2) is 62.7 Å². The monoisotopic (exact) mass is 185 g/mol. The Labute approximate surface area is 82.1 Å². The summed E-state index contributed by atoms with van der Waals surface area (Å²) in [6.07, 6.45) is 1.23. The zero-order valence-electron chi connectivity index (χ0n) is 9.21. The summed E-state index contributed by atoms with van der Waals surface area (Å²) in [7, 11) is 4.44. The summed E-state index contributed by atoms with van der Waals surface area (Å²) in [6, 6.07) is 0.699. The van der Waals surface area contributed by atoms with Crippen molar-refractivity contribution >= 4 is 0 Å². The number of nitrogens with one attached hydrogen (secondary N) is 1. The highest BCUT2D eigenvalue weighted by atomic mass is 15.3. The fraction of sp³-hybridized carbons (Fsp3) is 1.00. The van der Waals surface area contributed by atoms with Crippen molar-refractivity contribution in [2.24, 2.45) is 0 Å². The third-order valence-electron chi connectivity index (χ3n) is 2.79. The predicted molar refractivity (Wildman–Crippen MR) is 57.1 cm³/mol. The maximum atomic E-state index is 3.49. The first-order valence-electron chi connectivity index (χ1n) is 5.33. The van der Waals surface area contributed by atoms with E-state index in [0.29, 0.717) is 6.04 Å². The van der Waals surface area contributed by atoms with Crippen LogP contribution >= 0.6 is 0 Å². The van der Waals surface area contributed by atoms with Gasteiger partial charge in [0.05, 0.1) is 0 Å². The van der Waals surface area contributed by atoms with E-state index >= 15 is 0 Å². The summed E-state index contributed by atoms with van der Waals surface area (Å²) in [6.45, 7) is 8.11. The molecule has 78 valence electrons. The Hall–Kier alpha value is -0.120. The summed E-state index contributed by atoms with van der Waals surface area (Å²) in [5, 5.41) is 3.49. The van der Waals surface area contributed by atoms with Crippen molar-refractivity contribution in [1.82, 2.24) is 15.1 Å². The number of likely N-dealkylation sites (N-methyl/N-ethyl adjacent to an activating group) is 2. The van der Waals surface area contributed by atoms with Crippen molar-refractivity contribution in [3.63, 3.8) is 0 Å². The molecule has 3 heteroatoms. The molecular formula is C10H23N3. The Morgan fingerprint density at radius 3 is 2.77 bits per heavy atom. The number of hydrogen-bond donors (Lipinski definition) is 1. The van der Waals surface area contributed by atoms with E-state index in [4.69, 9.17) is 0 Å². The molecule has 1 heterocycles. The van der Waals surface area contributed by atoms with Crippen LogP contribution in [0.25, 0.3) is 0 Å². The minimum absolute atomic E-state index is 0.699. The van der Waals surface area contributed by atoms with E-state index in [1.165, 1.54) is 26.1 Å². The SMILES string of the molecule is CCCNCC1CN(C)CCN1C. The van der Waals surface area contributed by atoms with Crippen molar-refractivity contribution < 1.29 is 0 Å². The molecule has 0 spiro atoms. The summed E-state index contributed by atoms with van der Waals surface area (Å²) in [5.74, 6) is 0. The van der Waals surface area contributed by atoms with Gasteiger partial charge < -0.3 is 10.2 Å². The van der Waals surface area contributed by atoms with Gasteiger partial charge in [-0.1, -0.05) is 6.92 Å². The van der Waals surface area contributed by atoms with Crippen LogP contribution < -0.4 is 5.32 Å². The van der Waals surface area contributed by atoms with Gasteiger partial charge in [0.1, 0.15) is 0 Å². The van der Waals surface area contributed by atoms with E-state index < -0.39 is 0 Å².